The molecule has 0 aliphatic carbocycles. The average Bonchev–Trinajstić information content (AvgIpc) is 3.04. The number of rotatable bonds is 5. The first kappa shape index (κ1) is 15.5. The van der Waals surface area contributed by atoms with Crippen molar-refractivity contribution >= 4 is 23.3 Å². The normalized spacial score (nSPS) is 14.3. The molecule has 0 aliphatic heterocycles. The molecule has 1 atom stereocenters. The van der Waals surface area contributed by atoms with Crippen LogP contribution < -0.4 is 5.32 Å². The van der Waals surface area contributed by atoms with Gasteiger partial charge in [-0.3, -0.25) is 4.79 Å². The van der Waals surface area contributed by atoms with Crippen LogP contribution >= 0.6 is 11.3 Å². The summed E-state index contributed by atoms with van der Waals surface area (Å²) in [5, 5.41) is 15.1. The average molecular weight is 305 g/mol. The lowest BCUT2D eigenvalue weighted by molar-refractivity contribution is -0.117. The van der Waals surface area contributed by atoms with E-state index in [0.29, 0.717) is 11.3 Å². The van der Waals surface area contributed by atoms with Crippen LogP contribution in [-0.2, 0) is 10.4 Å². The maximum absolute atomic E-state index is 11.8. The van der Waals surface area contributed by atoms with Crippen molar-refractivity contribution in [1.82, 2.24) is 5.32 Å². The van der Waals surface area contributed by atoms with Crippen LogP contribution in [0.4, 0.5) is 0 Å². The molecule has 2 heterocycles. The van der Waals surface area contributed by atoms with E-state index in [1.807, 2.05) is 24.4 Å². The Morgan fingerprint density at radius 3 is 2.86 bits per heavy atom. The molecule has 112 valence electrons. The van der Waals surface area contributed by atoms with Crippen LogP contribution in [0.2, 0.25) is 0 Å². The second kappa shape index (κ2) is 6.28. The quantitative estimate of drug-likeness (QED) is 0.835. The fourth-order valence-corrected chi connectivity index (χ4v) is 2.74. The third kappa shape index (κ3) is 4.06. The molecule has 0 fully saturated rings. The molecule has 4 nitrogen and oxygen atoms in total. The Morgan fingerprint density at radius 1 is 1.52 bits per heavy atom. The summed E-state index contributed by atoms with van der Waals surface area (Å²) in [4.78, 5) is 12.8. The van der Waals surface area contributed by atoms with Crippen LogP contribution in [0.5, 0.6) is 0 Å². The fraction of sp³-hybridized carbons (Fsp3) is 0.312. The van der Waals surface area contributed by atoms with Crippen molar-refractivity contribution in [2.75, 3.05) is 6.54 Å². The number of carbonyl (C=O) groups excluding carboxylic acids is 1. The molecule has 2 aromatic rings. The van der Waals surface area contributed by atoms with Crippen LogP contribution in [0.25, 0.3) is 6.08 Å². The summed E-state index contributed by atoms with van der Waals surface area (Å²) in [6.07, 6.45) is 3.22. The van der Waals surface area contributed by atoms with Gasteiger partial charge in [0.25, 0.3) is 0 Å². The number of aryl methyl sites for hydroxylation is 2. The van der Waals surface area contributed by atoms with Crippen molar-refractivity contribution < 1.29 is 14.3 Å². The molecule has 0 spiro atoms. The first-order valence-corrected chi connectivity index (χ1v) is 7.56. The van der Waals surface area contributed by atoms with Gasteiger partial charge in [0, 0.05) is 16.5 Å². The van der Waals surface area contributed by atoms with Crippen LogP contribution in [0.3, 0.4) is 0 Å². The zero-order valence-electron chi connectivity index (χ0n) is 12.3. The summed E-state index contributed by atoms with van der Waals surface area (Å²) in [7, 11) is 0. The van der Waals surface area contributed by atoms with E-state index in [2.05, 4.69) is 5.32 Å². The van der Waals surface area contributed by atoms with Gasteiger partial charge in [-0.1, -0.05) is 6.07 Å². The first-order valence-electron chi connectivity index (χ1n) is 6.68. The Bertz CT molecular complexity index is 639. The molecule has 0 saturated carbocycles. The van der Waals surface area contributed by atoms with E-state index in [0.717, 1.165) is 10.6 Å². The summed E-state index contributed by atoms with van der Waals surface area (Å²) in [6.45, 7) is 5.41. The van der Waals surface area contributed by atoms with Crippen LogP contribution in [-0.4, -0.2) is 17.6 Å². The molecule has 0 unspecified atom stereocenters. The number of hydrogen-bond acceptors (Lipinski definition) is 4. The smallest absolute Gasteiger partial charge is 0.244 e. The zero-order chi connectivity index (χ0) is 15.5. The number of hydrogen-bond donors (Lipinski definition) is 2. The molecule has 5 heteroatoms. The fourth-order valence-electron chi connectivity index (χ4n) is 2.12. The molecule has 2 aromatic heterocycles. The number of aliphatic hydroxyl groups is 1. The van der Waals surface area contributed by atoms with Gasteiger partial charge in [0.15, 0.2) is 0 Å². The van der Waals surface area contributed by atoms with E-state index >= 15 is 0 Å². The lowest BCUT2D eigenvalue weighted by Crippen LogP contribution is -2.38. The van der Waals surface area contributed by atoms with Gasteiger partial charge in [-0.25, -0.2) is 0 Å². The summed E-state index contributed by atoms with van der Waals surface area (Å²) in [5.74, 6) is 1.18. The summed E-state index contributed by atoms with van der Waals surface area (Å²) < 4.78 is 5.42. The number of carbonyl (C=O) groups is 1. The standard InChI is InChI=1S/C16H19NO3S/c1-11-9-14(12(2)20-11)16(3,19)10-17-15(18)7-6-13-5-4-8-21-13/h4-9,19H,10H2,1-3H3,(H,17,18)/b7-6+/t16-/m0/s1. The first-order chi connectivity index (χ1) is 9.88. The molecule has 0 aliphatic rings. The van der Waals surface area contributed by atoms with Gasteiger partial charge in [0.05, 0.1) is 6.54 Å². The molecule has 2 rings (SSSR count). The Balaban J connectivity index is 1.95. The summed E-state index contributed by atoms with van der Waals surface area (Å²) in [6, 6.07) is 5.66. The van der Waals surface area contributed by atoms with Crippen molar-refractivity contribution in [2.45, 2.75) is 26.4 Å². The van der Waals surface area contributed by atoms with Crippen molar-refractivity contribution in [3.63, 3.8) is 0 Å². The molecular formula is C16H19NO3S. The van der Waals surface area contributed by atoms with E-state index < -0.39 is 5.60 Å². The van der Waals surface area contributed by atoms with Crippen LogP contribution in [0.15, 0.2) is 34.1 Å². The number of furan rings is 1. The van der Waals surface area contributed by atoms with Gasteiger partial charge >= 0.3 is 0 Å². The van der Waals surface area contributed by atoms with Crippen molar-refractivity contribution in [3.05, 3.63) is 51.6 Å². The van der Waals surface area contributed by atoms with Gasteiger partial charge in [0.1, 0.15) is 17.1 Å². The molecule has 21 heavy (non-hydrogen) atoms. The highest BCUT2D eigenvalue weighted by molar-refractivity contribution is 7.10. The number of thiophene rings is 1. The van der Waals surface area contributed by atoms with Crippen molar-refractivity contribution in [1.29, 1.82) is 0 Å². The molecule has 0 radical (unpaired) electrons. The maximum Gasteiger partial charge on any atom is 0.244 e. The Morgan fingerprint density at radius 2 is 2.29 bits per heavy atom. The lowest BCUT2D eigenvalue weighted by Gasteiger charge is -2.22. The van der Waals surface area contributed by atoms with E-state index in [4.69, 9.17) is 4.42 Å². The van der Waals surface area contributed by atoms with Gasteiger partial charge in [-0.15, -0.1) is 11.3 Å². The van der Waals surface area contributed by atoms with E-state index in [1.54, 1.807) is 37.3 Å². The summed E-state index contributed by atoms with van der Waals surface area (Å²) >= 11 is 1.56. The third-order valence-electron chi connectivity index (χ3n) is 3.17. The monoisotopic (exact) mass is 305 g/mol. The molecule has 1 amide bonds. The second-order valence-electron chi connectivity index (χ2n) is 5.17. The molecular weight excluding hydrogens is 286 g/mol. The SMILES string of the molecule is Cc1cc([C@@](C)(O)CNC(=O)/C=C/c2cccs2)c(C)o1. The molecule has 0 bridgehead atoms. The number of nitrogens with one attached hydrogen (secondary N) is 1. The van der Waals surface area contributed by atoms with Crippen molar-refractivity contribution in [2.24, 2.45) is 0 Å². The highest BCUT2D eigenvalue weighted by atomic mass is 32.1. The largest absolute Gasteiger partial charge is 0.466 e. The molecule has 2 N–H and O–H groups in total. The zero-order valence-corrected chi connectivity index (χ0v) is 13.2. The van der Waals surface area contributed by atoms with Gasteiger partial charge < -0.3 is 14.8 Å². The predicted molar refractivity (Wildman–Crippen MR) is 84.1 cm³/mol. The Hall–Kier alpha value is -1.85. The third-order valence-corrected chi connectivity index (χ3v) is 4.01. The van der Waals surface area contributed by atoms with Gasteiger partial charge in [-0.05, 0) is 44.4 Å². The second-order valence-corrected chi connectivity index (χ2v) is 6.15. The van der Waals surface area contributed by atoms with Gasteiger partial charge in [0.2, 0.25) is 5.91 Å². The maximum atomic E-state index is 11.8. The minimum atomic E-state index is -1.16. The van der Waals surface area contributed by atoms with Crippen LogP contribution in [0, 0.1) is 13.8 Å². The lowest BCUT2D eigenvalue weighted by atomic mass is 9.96. The Labute approximate surface area is 128 Å². The van der Waals surface area contributed by atoms with E-state index in [1.165, 1.54) is 6.08 Å². The Kier molecular flexibility index (Phi) is 4.65. The topological polar surface area (TPSA) is 62.5 Å². The minimum absolute atomic E-state index is 0.125. The van der Waals surface area contributed by atoms with Gasteiger partial charge in [-0.2, -0.15) is 0 Å². The number of amides is 1. The molecule has 0 saturated heterocycles. The van der Waals surface area contributed by atoms with Crippen molar-refractivity contribution in [3.8, 4) is 0 Å². The predicted octanol–water partition coefficient (Wildman–Crippen LogP) is 3.00. The summed E-state index contributed by atoms with van der Waals surface area (Å²) in [5.41, 5.74) is -0.462. The van der Waals surface area contributed by atoms with E-state index in [-0.39, 0.29) is 12.5 Å². The van der Waals surface area contributed by atoms with E-state index in [9.17, 15) is 9.90 Å². The van der Waals surface area contributed by atoms with Crippen LogP contribution in [0.1, 0.15) is 28.9 Å². The minimum Gasteiger partial charge on any atom is -0.466 e. The molecule has 0 aromatic carbocycles. The highest BCUT2D eigenvalue weighted by Gasteiger charge is 2.27. The highest BCUT2D eigenvalue weighted by Crippen LogP contribution is 2.26.